The third kappa shape index (κ3) is 3.22. The molecule has 0 spiro atoms. The van der Waals surface area contributed by atoms with E-state index >= 15 is 0 Å². The van der Waals surface area contributed by atoms with Gasteiger partial charge in [0.1, 0.15) is 17.7 Å². The molecule has 2 heterocycles. The number of methoxy groups -OCH3 is 1. The van der Waals surface area contributed by atoms with Gasteiger partial charge >= 0.3 is 5.97 Å². The third-order valence-corrected chi connectivity index (χ3v) is 2.60. The Labute approximate surface area is 116 Å². The molecule has 0 aromatic carbocycles. The first kappa shape index (κ1) is 13.8. The van der Waals surface area contributed by atoms with Gasteiger partial charge in [-0.15, -0.1) is 0 Å². The Balaban J connectivity index is 2.03. The van der Waals surface area contributed by atoms with E-state index in [4.69, 9.17) is 10.5 Å². The number of esters is 1. The Kier molecular flexibility index (Phi) is 4.14. The average molecular weight is 276 g/mol. The molecule has 0 radical (unpaired) electrons. The summed E-state index contributed by atoms with van der Waals surface area (Å²) in [5, 5.41) is 7.22. The Bertz CT molecular complexity index is 610. The SMILES string of the molecule is COC(=O)c1cc(N)cnc1NCCc1ncn(C)n1. The quantitative estimate of drug-likeness (QED) is 0.753. The van der Waals surface area contributed by atoms with Crippen molar-refractivity contribution in [2.24, 2.45) is 7.05 Å². The molecule has 3 N–H and O–H groups in total. The highest BCUT2D eigenvalue weighted by atomic mass is 16.5. The lowest BCUT2D eigenvalue weighted by molar-refractivity contribution is 0.0601. The van der Waals surface area contributed by atoms with Crippen LogP contribution in [0, 0.1) is 0 Å². The van der Waals surface area contributed by atoms with Crippen molar-refractivity contribution in [1.29, 1.82) is 0 Å². The zero-order valence-corrected chi connectivity index (χ0v) is 11.3. The van der Waals surface area contributed by atoms with Crippen LogP contribution in [0.5, 0.6) is 0 Å². The van der Waals surface area contributed by atoms with Gasteiger partial charge in [0.2, 0.25) is 0 Å². The van der Waals surface area contributed by atoms with E-state index in [-0.39, 0.29) is 0 Å². The van der Waals surface area contributed by atoms with Crippen LogP contribution in [0.1, 0.15) is 16.2 Å². The van der Waals surface area contributed by atoms with Gasteiger partial charge < -0.3 is 15.8 Å². The van der Waals surface area contributed by atoms with E-state index in [1.807, 2.05) is 0 Å². The topological polar surface area (TPSA) is 108 Å². The fourth-order valence-electron chi connectivity index (χ4n) is 1.68. The van der Waals surface area contributed by atoms with Gasteiger partial charge in [0.05, 0.1) is 19.0 Å². The maximum atomic E-state index is 11.6. The van der Waals surface area contributed by atoms with Gasteiger partial charge in [0.25, 0.3) is 0 Å². The number of aryl methyl sites for hydroxylation is 1. The van der Waals surface area contributed by atoms with E-state index < -0.39 is 5.97 Å². The van der Waals surface area contributed by atoms with E-state index in [1.54, 1.807) is 18.1 Å². The number of rotatable bonds is 5. The van der Waals surface area contributed by atoms with E-state index in [0.717, 1.165) is 5.82 Å². The number of pyridine rings is 1. The minimum absolute atomic E-state index is 0.307. The molecule has 0 atom stereocenters. The van der Waals surface area contributed by atoms with Crippen molar-refractivity contribution in [3.05, 3.63) is 30.0 Å². The first-order chi connectivity index (χ1) is 9.60. The smallest absolute Gasteiger partial charge is 0.341 e. The Morgan fingerprint density at radius 3 is 2.95 bits per heavy atom. The number of anilines is 2. The second-order valence-corrected chi connectivity index (χ2v) is 4.17. The molecule has 0 aliphatic heterocycles. The number of ether oxygens (including phenoxy) is 1. The average Bonchev–Trinajstić information content (AvgIpc) is 2.85. The minimum atomic E-state index is -0.483. The number of hydrogen-bond acceptors (Lipinski definition) is 7. The molecule has 8 heteroatoms. The molecule has 0 aliphatic rings. The van der Waals surface area contributed by atoms with Gasteiger partial charge in [0.15, 0.2) is 5.82 Å². The number of aromatic nitrogens is 4. The van der Waals surface area contributed by atoms with E-state index in [0.29, 0.717) is 30.0 Å². The Morgan fingerprint density at radius 2 is 2.30 bits per heavy atom. The summed E-state index contributed by atoms with van der Waals surface area (Å²) in [6.45, 7) is 0.547. The zero-order chi connectivity index (χ0) is 14.5. The molecule has 0 unspecified atom stereocenters. The van der Waals surface area contributed by atoms with Crippen LogP contribution in [0.3, 0.4) is 0 Å². The van der Waals surface area contributed by atoms with Crippen LogP contribution in [-0.4, -0.2) is 39.4 Å². The Morgan fingerprint density at radius 1 is 1.50 bits per heavy atom. The molecule has 2 aromatic rings. The molecule has 0 fully saturated rings. The third-order valence-electron chi connectivity index (χ3n) is 2.60. The number of nitrogens with two attached hydrogens (primary N) is 1. The largest absolute Gasteiger partial charge is 0.465 e. The van der Waals surface area contributed by atoms with Gasteiger partial charge in [-0.2, -0.15) is 5.10 Å². The molecule has 0 amide bonds. The molecule has 20 heavy (non-hydrogen) atoms. The van der Waals surface area contributed by atoms with E-state index in [1.165, 1.54) is 19.4 Å². The molecule has 8 nitrogen and oxygen atoms in total. The van der Waals surface area contributed by atoms with Crippen molar-refractivity contribution < 1.29 is 9.53 Å². The first-order valence-corrected chi connectivity index (χ1v) is 6.02. The van der Waals surface area contributed by atoms with Crippen LogP contribution in [0.4, 0.5) is 11.5 Å². The number of hydrogen-bond donors (Lipinski definition) is 2. The predicted molar refractivity (Wildman–Crippen MR) is 73.2 cm³/mol. The van der Waals surface area contributed by atoms with Crippen LogP contribution < -0.4 is 11.1 Å². The minimum Gasteiger partial charge on any atom is -0.465 e. The van der Waals surface area contributed by atoms with Crippen LogP contribution in [0.2, 0.25) is 0 Å². The maximum absolute atomic E-state index is 11.6. The lowest BCUT2D eigenvalue weighted by atomic mass is 10.2. The van der Waals surface area contributed by atoms with Gasteiger partial charge in [0, 0.05) is 20.0 Å². The fourth-order valence-corrected chi connectivity index (χ4v) is 1.68. The first-order valence-electron chi connectivity index (χ1n) is 6.02. The highest BCUT2D eigenvalue weighted by molar-refractivity contribution is 5.95. The summed E-state index contributed by atoms with van der Waals surface area (Å²) in [5.41, 5.74) is 6.33. The van der Waals surface area contributed by atoms with Gasteiger partial charge in [-0.25, -0.2) is 14.8 Å². The summed E-state index contributed by atoms with van der Waals surface area (Å²) in [5.74, 6) is 0.667. The number of carbonyl (C=O) groups is 1. The van der Waals surface area contributed by atoms with Crippen LogP contribution in [-0.2, 0) is 18.2 Å². The lowest BCUT2D eigenvalue weighted by Crippen LogP contribution is -2.13. The molecule has 2 rings (SSSR count). The highest BCUT2D eigenvalue weighted by Gasteiger charge is 2.13. The molecular weight excluding hydrogens is 260 g/mol. The summed E-state index contributed by atoms with van der Waals surface area (Å²) in [7, 11) is 3.12. The van der Waals surface area contributed by atoms with Crippen LogP contribution in [0.25, 0.3) is 0 Å². The molecule has 0 aliphatic carbocycles. The van der Waals surface area contributed by atoms with Crippen LogP contribution in [0.15, 0.2) is 18.6 Å². The van der Waals surface area contributed by atoms with E-state index in [9.17, 15) is 4.79 Å². The normalized spacial score (nSPS) is 10.3. The Hall–Kier alpha value is -2.64. The van der Waals surface area contributed by atoms with Crippen molar-refractivity contribution in [3.8, 4) is 0 Å². The summed E-state index contributed by atoms with van der Waals surface area (Å²) in [4.78, 5) is 19.9. The van der Waals surface area contributed by atoms with Gasteiger partial charge in [-0.3, -0.25) is 4.68 Å². The molecule has 0 saturated carbocycles. The fraction of sp³-hybridized carbons (Fsp3) is 0.333. The maximum Gasteiger partial charge on any atom is 0.341 e. The summed E-state index contributed by atoms with van der Waals surface area (Å²) in [6.07, 6.45) is 3.73. The lowest BCUT2D eigenvalue weighted by Gasteiger charge is -2.09. The van der Waals surface area contributed by atoms with Crippen molar-refractivity contribution in [1.82, 2.24) is 19.7 Å². The second-order valence-electron chi connectivity index (χ2n) is 4.17. The van der Waals surface area contributed by atoms with Crippen molar-refractivity contribution in [3.63, 3.8) is 0 Å². The summed E-state index contributed by atoms with van der Waals surface area (Å²) in [6, 6.07) is 1.53. The highest BCUT2D eigenvalue weighted by Crippen LogP contribution is 2.16. The monoisotopic (exact) mass is 276 g/mol. The number of nitrogens with one attached hydrogen (secondary N) is 1. The zero-order valence-electron chi connectivity index (χ0n) is 11.3. The molecular formula is C12H16N6O2. The van der Waals surface area contributed by atoms with Crippen molar-refractivity contribution in [2.45, 2.75) is 6.42 Å². The van der Waals surface area contributed by atoms with Gasteiger partial charge in [-0.05, 0) is 6.07 Å². The molecule has 2 aromatic heterocycles. The van der Waals surface area contributed by atoms with Gasteiger partial charge in [-0.1, -0.05) is 0 Å². The molecule has 106 valence electrons. The summed E-state index contributed by atoms with van der Waals surface area (Å²) >= 11 is 0. The second kappa shape index (κ2) is 6.00. The standard InChI is InChI=1S/C12H16N6O2/c1-18-7-16-10(17-18)3-4-14-11-9(12(19)20-2)5-8(13)6-15-11/h5-7H,3-4,13H2,1-2H3,(H,14,15). The number of nitrogen functional groups attached to an aromatic ring is 1. The molecule has 0 saturated heterocycles. The predicted octanol–water partition coefficient (Wildman–Crippen LogP) is 0.233. The van der Waals surface area contributed by atoms with Crippen LogP contribution >= 0.6 is 0 Å². The molecule has 0 bridgehead atoms. The van der Waals surface area contributed by atoms with Crippen molar-refractivity contribution in [2.75, 3.05) is 24.7 Å². The number of carbonyl (C=O) groups excluding carboxylic acids is 1. The number of nitrogens with zero attached hydrogens (tertiary/aromatic N) is 4. The van der Waals surface area contributed by atoms with E-state index in [2.05, 4.69) is 20.4 Å². The van der Waals surface area contributed by atoms with Crippen molar-refractivity contribution >= 4 is 17.5 Å². The summed E-state index contributed by atoms with van der Waals surface area (Å²) < 4.78 is 6.33.